The number of aliphatic carboxylic acids is 3. The van der Waals surface area contributed by atoms with E-state index in [1.54, 1.807) is 11.4 Å². The van der Waals surface area contributed by atoms with Gasteiger partial charge in [0.1, 0.15) is 23.5 Å². The second kappa shape index (κ2) is 10.1. The van der Waals surface area contributed by atoms with Gasteiger partial charge in [0, 0.05) is 16.4 Å². The number of nitrogens with one attached hydrogen (secondary N) is 1. The fraction of sp³-hybridized carbons (Fsp3) is 0.316. The molecule has 4 heterocycles. The molecule has 2 amide bonds. The van der Waals surface area contributed by atoms with Crippen LogP contribution in [0.15, 0.2) is 38.4 Å². The first kappa shape index (κ1) is 24.7. The van der Waals surface area contributed by atoms with Crippen LogP contribution in [0.2, 0.25) is 0 Å². The van der Waals surface area contributed by atoms with E-state index in [9.17, 15) is 34.2 Å². The zero-order valence-corrected chi connectivity index (χ0v) is 19.9. The lowest BCUT2D eigenvalue weighted by molar-refractivity contribution is -0.152. The Hall–Kier alpha value is -3.37. The van der Waals surface area contributed by atoms with Crippen molar-refractivity contribution in [3.8, 4) is 0 Å². The van der Waals surface area contributed by atoms with E-state index in [1.165, 1.54) is 17.8 Å². The maximum absolute atomic E-state index is 12.8. The number of carbonyl (C=O) groups is 5. The van der Waals surface area contributed by atoms with Crippen molar-refractivity contribution in [3.63, 3.8) is 0 Å². The molecular formula is C19H16N4O9S3. The molecule has 2 unspecified atom stereocenters. The number of carboxylic acids is 3. The first-order valence-electron chi connectivity index (χ1n) is 9.81. The number of amides is 2. The summed E-state index contributed by atoms with van der Waals surface area (Å²) < 4.78 is 5.21. The molecule has 0 bridgehead atoms. The second-order valence-corrected chi connectivity index (χ2v) is 10.3. The third kappa shape index (κ3) is 5.03. The fourth-order valence-electron chi connectivity index (χ4n) is 3.50. The number of fused-ring (bicyclic) bond motifs is 1. The summed E-state index contributed by atoms with van der Waals surface area (Å²) in [5.41, 5.74) is 0.178. The van der Waals surface area contributed by atoms with Gasteiger partial charge in [-0.15, -0.1) is 33.3 Å². The van der Waals surface area contributed by atoms with Gasteiger partial charge in [-0.05, 0) is 17.0 Å². The average molecular weight is 541 g/mol. The lowest BCUT2D eigenvalue weighted by atomic mass is 10.0. The lowest BCUT2D eigenvalue weighted by Crippen LogP contribution is -2.71. The van der Waals surface area contributed by atoms with E-state index in [0.29, 0.717) is 10.5 Å². The lowest BCUT2D eigenvalue weighted by Gasteiger charge is -2.49. The molecule has 0 aromatic carbocycles. The monoisotopic (exact) mass is 540 g/mol. The van der Waals surface area contributed by atoms with Gasteiger partial charge in [-0.1, -0.05) is 17.8 Å². The minimum Gasteiger partial charge on any atom is -0.481 e. The van der Waals surface area contributed by atoms with Crippen molar-refractivity contribution in [1.82, 2.24) is 20.4 Å². The molecule has 2 aliphatic heterocycles. The summed E-state index contributed by atoms with van der Waals surface area (Å²) in [5, 5.41) is 38.8. The van der Waals surface area contributed by atoms with Gasteiger partial charge in [0.2, 0.25) is 11.8 Å². The van der Waals surface area contributed by atoms with Gasteiger partial charge < -0.3 is 25.1 Å². The van der Waals surface area contributed by atoms with Crippen molar-refractivity contribution >= 4 is 64.6 Å². The number of hydrogen-bond acceptors (Lipinski definition) is 11. The Labute approximate surface area is 208 Å². The first-order valence-corrected chi connectivity index (χ1v) is 12.7. The molecule has 1 saturated heterocycles. The highest BCUT2D eigenvalue weighted by Gasteiger charge is 2.54. The minimum atomic E-state index is -1.48. The zero-order valence-electron chi connectivity index (χ0n) is 17.4. The molecule has 13 nitrogen and oxygen atoms in total. The number of β-lactam (4-membered cyclic amide) rings is 1. The van der Waals surface area contributed by atoms with Crippen LogP contribution in [0, 0.1) is 0 Å². The molecule has 3 atom stereocenters. The van der Waals surface area contributed by atoms with E-state index in [4.69, 9.17) is 9.52 Å². The highest BCUT2D eigenvalue weighted by Crippen LogP contribution is 2.41. The third-order valence-electron chi connectivity index (χ3n) is 5.01. The summed E-state index contributed by atoms with van der Waals surface area (Å²) in [7, 11) is 0. The van der Waals surface area contributed by atoms with E-state index < -0.39 is 53.5 Å². The molecule has 184 valence electrons. The Bertz CT molecular complexity index is 1230. The van der Waals surface area contributed by atoms with Crippen LogP contribution >= 0.6 is 34.9 Å². The molecule has 0 radical (unpaired) electrons. The molecule has 0 aliphatic carbocycles. The number of nitrogens with zero attached hydrogens (tertiary/aromatic N) is 3. The Morgan fingerprint density at radius 1 is 1.26 bits per heavy atom. The number of thiophene rings is 1. The molecular weight excluding hydrogens is 524 g/mol. The van der Waals surface area contributed by atoms with E-state index in [-0.39, 0.29) is 28.3 Å². The topological polar surface area (TPSA) is 200 Å². The average Bonchev–Trinajstić information content (AvgIpc) is 3.47. The number of aromatic nitrogens is 2. The minimum absolute atomic E-state index is 0.0546. The van der Waals surface area contributed by atoms with E-state index in [0.717, 1.165) is 28.0 Å². The summed E-state index contributed by atoms with van der Waals surface area (Å²) >= 11 is 3.33. The highest BCUT2D eigenvalue weighted by molar-refractivity contribution is 8.01. The molecule has 0 saturated carbocycles. The number of carbonyl (C=O) groups excluding carboxylic acids is 2. The van der Waals surface area contributed by atoms with Crippen molar-refractivity contribution in [2.75, 3.05) is 11.5 Å². The number of hydrogen-bond donors (Lipinski definition) is 4. The van der Waals surface area contributed by atoms with Gasteiger partial charge in [0.05, 0.1) is 0 Å². The SMILES string of the molecule is O=C(O)Cc1nnc(SCC2=C(C(=O)O)N3C(=O)C(NC(=O)C(C(=O)O)c4cccs4)[C@H]3SC2)o1. The Morgan fingerprint density at radius 2 is 2.03 bits per heavy atom. The molecule has 2 aliphatic rings. The third-order valence-corrected chi connectivity index (χ3v) is 8.19. The number of rotatable bonds is 10. The van der Waals surface area contributed by atoms with Crippen LogP contribution in [-0.4, -0.2) is 83.1 Å². The van der Waals surface area contributed by atoms with Crippen LogP contribution in [0.4, 0.5) is 0 Å². The number of thioether (sulfide) groups is 2. The molecule has 4 N–H and O–H groups in total. The Balaban J connectivity index is 1.45. The van der Waals surface area contributed by atoms with Crippen LogP contribution < -0.4 is 5.32 Å². The van der Waals surface area contributed by atoms with E-state index in [2.05, 4.69) is 15.5 Å². The van der Waals surface area contributed by atoms with Crippen molar-refractivity contribution in [2.45, 2.75) is 29.0 Å². The quantitative estimate of drug-likeness (QED) is 0.184. The Morgan fingerprint density at radius 3 is 2.66 bits per heavy atom. The molecule has 4 rings (SSSR count). The van der Waals surface area contributed by atoms with Crippen LogP contribution in [-0.2, 0) is 30.4 Å². The van der Waals surface area contributed by atoms with Crippen LogP contribution in [0.3, 0.4) is 0 Å². The van der Waals surface area contributed by atoms with Gasteiger partial charge in [-0.3, -0.25) is 24.1 Å². The molecule has 2 aromatic heterocycles. The van der Waals surface area contributed by atoms with Crippen molar-refractivity contribution < 1.29 is 43.7 Å². The van der Waals surface area contributed by atoms with Crippen molar-refractivity contribution in [3.05, 3.63) is 39.6 Å². The fourth-order valence-corrected chi connectivity index (χ4v) is 6.58. The predicted octanol–water partition coefficient (Wildman–Crippen LogP) is 0.457. The van der Waals surface area contributed by atoms with Crippen molar-refractivity contribution in [1.29, 1.82) is 0 Å². The smallest absolute Gasteiger partial charge is 0.352 e. The molecule has 35 heavy (non-hydrogen) atoms. The van der Waals surface area contributed by atoms with Gasteiger partial charge in [0.25, 0.3) is 11.1 Å². The maximum Gasteiger partial charge on any atom is 0.352 e. The van der Waals surface area contributed by atoms with E-state index in [1.807, 2.05) is 0 Å². The maximum atomic E-state index is 12.8. The van der Waals surface area contributed by atoms with E-state index >= 15 is 0 Å². The molecule has 1 fully saturated rings. The summed E-state index contributed by atoms with van der Waals surface area (Å²) in [6.45, 7) is 0. The summed E-state index contributed by atoms with van der Waals surface area (Å²) in [6, 6.07) is 2.06. The first-order chi connectivity index (χ1) is 16.7. The normalized spacial score (nSPS) is 20.1. The largest absolute Gasteiger partial charge is 0.481 e. The Kier molecular flexibility index (Phi) is 7.13. The second-order valence-electron chi connectivity index (χ2n) is 7.26. The van der Waals surface area contributed by atoms with Gasteiger partial charge in [-0.2, -0.15) is 0 Å². The highest BCUT2D eigenvalue weighted by atomic mass is 32.2. The molecule has 0 spiro atoms. The molecule has 16 heteroatoms. The predicted molar refractivity (Wildman–Crippen MR) is 121 cm³/mol. The summed E-state index contributed by atoms with van der Waals surface area (Å²) in [6.07, 6.45) is -0.446. The van der Waals surface area contributed by atoms with Crippen molar-refractivity contribution in [2.24, 2.45) is 0 Å². The van der Waals surface area contributed by atoms with Gasteiger partial charge >= 0.3 is 17.9 Å². The van der Waals surface area contributed by atoms with Crippen LogP contribution in [0.25, 0.3) is 0 Å². The van der Waals surface area contributed by atoms with Gasteiger partial charge in [0.15, 0.2) is 5.92 Å². The number of carboxylic acid groups (broad SMARTS) is 3. The zero-order chi connectivity index (χ0) is 25.3. The van der Waals surface area contributed by atoms with Crippen LogP contribution in [0.1, 0.15) is 16.7 Å². The standard InChI is InChI=1S/C19H16N4O9S3/c24-10(25)4-9-21-22-19(32-9)35-6-7-5-34-16-12(15(27)23(16)13(7)18(30)31)20-14(26)11(17(28)29)8-2-1-3-33-8/h1-3,11-12,16H,4-6H2,(H,20,26)(H,24,25)(H,28,29)(H,30,31)/t11?,12?,16-/m1/s1. The summed E-state index contributed by atoms with van der Waals surface area (Å²) in [5.74, 6) is -6.60. The van der Waals surface area contributed by atoms with Crippen LogP contribution in [0.5, 0.6) is 0 Å². The summed E-state index contributed by atoms with van der Waals surface area (Å²) in [4.78, 5) is 61.2. The molecule has 2 aromatic rings. The van der Waals surface area contributed by atoms with Gasteiger partial charge in [-0.25, -0.2) is 4.79 Å².